The second-order valence-electron chi connectivity index (χ2n) is 4.77. The molecule has 94 valence electrons. The summed E-state index contributed by atoms with van der Waals surface area (Å²) in [5.41, 5.74) is 0. The van der Waals surface area contributed by atoms with Gasteiger partial charge in [0.25, 0.3) is 0 Å². The Labute approximate surface area is 106 Å². The van der Waals surface area contributed by atoms with E-state index < -0.39 is 0 Å². The molecule has 4 nitrogen and oxygen atoms in total. The quantitative estimate of drug-likeness (QED) is 0.771. The highest BCUT2D eigenvalue weighted by Gasteiger charge is 2.15. The molecule has 4 heteroatoms. The molecular formula is C14H17N3O. The Balaban J connectivity index is 1.86. The van der Waals surface area contributed by atoms with E-state index in [-0.39, 0.29) is 5.75 Å². The number of benzene rings is 1. The summed E-state index contributed by atoms with van der Waals surface area (Å²) in [5, 5.41) is 18.5. The number of hydrogen-bond acceptors (Lipinski definition) is 4. The molecule has 3 N–H and O–H groups in total. The fourth-order valence-electron chi connectivity index (χ4n) is 2.47. The van der Waals surface area contributed by atoms with Gasteiger partial charge in [-0.1, -0.05) is 12.1 Å². The first-order valence-electron chi connectivity index (χ1n) is 6.36. The zero-order valence-electron chi connectivity index (χ0n) is 10.2. The van der Waals surface area contributed by atoms with E-state index in [0.717, 1.165) is 36.2 Å². The number of fused-ring (bicyclic) bond motifs is 1. The maximum absolute atomic E-state index is 9.95. The molecule has 18 heavy (non-hydrogen) atoms. The summed E-state index contributed by atoms with van der Waals surface area (Å²) in [6.45, 7) is 3.05. The third kappa shape index (κ3) is 2.11. The van der Waals surface area contributed by atoms with Crippen LogP contribution in [0.3, 0.4) is 0 Å². The van der Waals surface area contributed by atoms with Gasteiger partial charge in [-0.25, -0.2) is 4.98 Å². The van der Waals surface area contributed by atoms with Crippen LogP contribution in [0, 0.1) is 5.92 Å². The van der Waals surface area contributed by atoms with Crippen molar-refractivity contribution in [3.05, 3.63) is 30.5 Å². The van der Waals surface area contributed by atoms with Crippen LogP contribution in [0.2, 0.25) is 0 Å². The second-order valence-corrected chi connectivity index (χ2v) is 4.77. The lowest BCUT2D eigenvalue weighted by molar-refractivity contribution is 0.481. The fraction of sp³-hybridized carbons (Fsp3) is 0.357. The lowest BCUT2D eigenvalue weighted by atomic mass is 10.1. The molecule has 0 spiro atoms. The highest BCUT2D eigenvalue weighted by atomic mass is 16.3. The average Bonchev–Trinajstić information content (AvgIpc) is 2.89. The van der Waals surface area contributed by atoms with Crippen LogP contribution in [0.1, 0.15) is 6.42 Å². The molecule has 0 radical (unpaired) electrons. The van der Waals surface area contributed by atoms with Crippen LogP contribution in [-0.4, -0.2) is 29.7 Å². The fourth-order valence-corrected chi connectivity index (χ4v) is 2.47. The Morgan fingerprint density at radius 2 is 2.33 bits per heavy atom. The number of anilines is 1. The summed E-state index contributed by atoms with van der Waals surface area (Å²) in [5.74, 6) is 1.71. The monoisotopic (exact) mass is 243 g/mol. The molecule has 0 saturated carbocycles. The Morgan fingerprint density at radius 1 is 1.39 bits per heavy atom. The third-order valence-corrected chi connectivity index (χ3v) is 3.49. The predicted octanol–water partition coefficient (Wildman–Crippen LogP) is 1.96. The highest BCUT2D eigenvalue weighted by Crippen LogP contribution is 2.29. The lowest BCUT2D eigenvalue weighted by Crippen LogP contribution is -2.17. The molecule has 1 aliphatic rings. The highest BCUT2D eigenvalue weighted by molar-refractivity contribution is 5.96. The molecule has 1 fully saturated rings. The van der Waals surface area contributed by atoms with Gasteiger partial charge in [0.2, 0.25) is 0 Å². The van der Waals surface area contributed by atoms with Gasteiger partial charge in [-0.15, -0.1) is 0 Å². The number of rotatable bonds is 3. The normalized spacial score (nSPS) is 19.2. The van der Waals surface area contributed by atoms with Gasteiger partial charge in [-0.2, -0.15) is 0 Å². The molecular weight excluding hydrogens is 226 g/mol. The molecule has 1 saturated heterocycles. The van der Waals surface area contributed by atoms with Crippen molar-refractivity contribution in [2.75, 3.05) is 25.0 Å². The van der Waals surface area contributed by atoms with Crippen molar-refractivity contribution in [2.24, 2.45) is 5.92 Å². The maximum Gasteiger partial charge on any atom is 0.137 e. The van der Waals surface area contributed by atoms with E-state index in [1.54, 1.807) is 12.3 Å². The summed E-state index contributed by atoms with van der Waals surface area (Å²) in [6, 6.07) is 7.45. The van der Waals surface area contributed by atoms with Gasteiger partial charge in [-0.3, -0.25) is 0 Å². The third-order valence-electron chi connectivity index (χ3n) is 3.49. The van der Waals surface area contributed by atoms with Gasteiger partial charge in [-0.05, 0) is 42.9 Å². The van der Waals surface area contributed by atoms with Crippen molar-refractivity contribution >= 4 is 16.6 Å². The van der Waals surface area contributed by atoms with Crippen molar-refractivity contribution in [1.82, 2.24) is 10.3 Å². The van der Waals surface area contributed by atoms with E-state index in [1.807, 2.05) is 18.2 Å². The molecule has 1 aromatic heterocycles. The van der Waals surface area contributed by atoms with Crippen LogP contribution in [0.15, 0.2) is 30.5 Å². The Morgan fingerprint density at radius 3 is 3.17 bits per heavy atom. The predicted molar refractivity (Wildman–Crippen MR) is 72.9 cm³/mol. The SMILES string of the molecule is Oc1cccc2ccnc(NCC3CCNC3)c12. The molecule has 0 bridgehead atoms. The van der Waals surface area contributed by atoms with Crippen molar-refractivity contribution in [2.45, 2.75) is 6.42 Å². The zero-order chi connectivity index (χ0) is 12.4. The summed E-state index contributed by atoms with van der Waals surface area (Å²) in [6.07, 6.45) is 2.97. The standard InChI is InChI=1S/C14H17N3O/c18-12-3-1-2-11-5-7-16-14(13(11)12)17-9-10-4-6-15-8-10/h1-3,5,7,10,15,18H,4,6,8-9H2,(H,16,17). The van der Waals surface area contributed by atoms with Crippen LogP contribution in [0.25, 0.3) is 10.8 Å². The van der Waals surface area contributed by atoms with Crippen LogP contribution < -0.4 is 10.6 Å². The van der Waals surface area contributed by atoms with Crippen molar-refractivity contribution in [3.8, 4) is 5.75 Å². The Hall–Kier alpha value is -1.81. The molecule has 2 aromatic rings. The molecule has 1 unspecified atom stereocenters. The molecule has 1 aliphatic heterocycles. The van der Waals surface area contributed by atoms with Crippen LogP contribution in [-0.2, 0) is 0 Å². The summed E-state index contributed by atoms with van der Waals surface area (Å²) in [4.78, 5) is 4.34. The number of nitrogens with one attached hydrogen (secondary N) is 2. The van der Waals surface area contributed by atoms with Crippen LogP contribution in [0.5, 0.6) is 5.75 Å². The van der Waals surface area contributed by atoms with Gasteiger partial charge in [0, 0.05) is 12.7 Å². The first-order valence-corrected chi connectivity index (χ1v) is 6.36. The van der Waals surface area contributed by atoms with E-state index in [4.69, 9.17) is 0 Å². The number of phenolic OH excluding ortho intramolecular Hbond substituents is 1. The molecule has 0 amide bonds. The lowest BCUT2D eigenvalue weighted by Gasteiger charge is -2.13. The molecule has 3 rings (SSSR count). The number of pyridine rings is 1. The van der Waals surface area contributed by atoms with E-state index in [2.05, 4.69) is 15.6 Å². The number of aromatic hydroxyl groups is 1. The second kappa shape index (κ2) is 4.82. The summed E-state index contributed by atoms with van der Waals surface area (Å²) < 4.78 is 0. The van der Waals surface area contributed by atoms with Gasteiger partial charge >= 0.3 is 0 Å². The van der Waals surface area contributed by atoms with E-state index >= 15 is 0 Å². The topological polar surface area (TPSA) is 57.2 Å². The molecule has 1 aromatic carbocycles. The average molecular weight is 243 g/mol. The largest absolute Gasteiger partial charge is 0.507 e. The number of phenols is 1. The van der Waals surface area contributed by atoms with E-state index in [1.165, 1.54) is 6.42 Å². The summed E-state index contributed by atoms with van der Waals surface area (Å²) in [7, 11) is 0. The van der Waals surface area contributed by atoms with Crippen molar-refractivity contribution in [3.63, 3.8) is 0 Å². The number of aromatic nitrogens is 1. The molecule has 2 heterocycles. The van der Waals surface area contributed by atoms with E-state index in [0.29, 0.717) is 5.92 Å². The molecule has 0 aliphatic carbocycles. The summed E-state index contributed by atoms with van der Waals surface area (Å²) >= 11 is 0. The molecule has 1 atom stereocenters. The van der Waals surface area contributed by atoms with Crippen molar-refractivity contribution < 1.29 is 5.11 Å². The van der Waals surface area contributed by atoms with Gasteiger partial charge in [0.1, 0.15) is 11.6 Å². The number of nitrogens with zero attached hydrogens (tertiary/aromatic N) is 1. The van der Waals surface area contributed by atoms with Crippen LogP contribution >= 0.6 is 0 Å². The minimum atomic E-state index is 0.285. The zero-order valence-corrected chi connectivity index (χ0v) is 10.2. The van der Waals surface area contributed by atoms with Crippen LogP contribution in [0.4, 0.5) is 5.82 Å². The smallest absolute Gasteiger partial charge is 0.137 e. The van der Waals surface area contributed by atoms with Gasteiger partial charge in [0.15, 0.2) is 0 Å². The Kier molecular flexibility index (Phi) is 3.02. The minimum Gasteiger partial charge on any atom is -0.507 e. The first kappa shape index (κ1) is 11.3. The Bertz CT molecular complexity index is 544. The number of hydrogen-bond donors (Lipinski definition) is 3. The van der Waals surface area contributed by atoms with Gasteiger partial charge in [0.05, 0.1) is 5.39 Å². The van der Waals surface area contributed by atoms with Gasteiger partial charge < -0.3 is 15.7 Å². The maximum atomic E-state index is 9.95. The first-order chi connectivity index (χ1) is 8.84. The minimum absolute atomic E-state index is 0.285. The van der Waals surface area contributed by atoms with E-state index in [9.17, 15) is 5.11 Å². The van der Waals surface area contributed by atoms with Crippen molar-refractivity contribution in [1.29, 1.82) is 0 Å².